The van der Waals surface area contributed by atoms with Crippen molar-refractivity contribution in [2.75, 3.05) is 36.3 Å². The first kappa shape index (κ1) is 18.2. The van der Waals surface area contributed by atoms with Crippen LogP contribution in [0.5, 0.6) is 0 Å². The molecule has 4 rings (SSSR count). The lowest BCUT2D eigenvalue weighted by Gasteiger charge is -2.29. The lowest BCUT2D eigenvalue weighted by molar-refractivity contribution is -0.125. The molecule has 0 aliphatic carbocycles. The summed E-state index contributed by atoms with van der Waals surface area (Å²) in [7, 11) is 0. The third-order valence-corrected chi connectivity index (χ3v) is 5.26. The lowest BCUT2D eigenvalue weighted by Crippen LogP contribution is -2.42. The summed E-state index contributed by atoms with van der Waals surface area (Å²) >= 11 is 5.98. The molecule has 2 atom stereocenters. The monoisotopic (exact) mass is 390 g/mol. The van der Waals surface area contributed by atoms with Gasteiger partial charge in [-0.15, -0.1) is 0 Å². The van der Waals surface area contributed by atoms with Crippen molar-refractivity contribution in [3.63, 3.8) is 0 Å². The van der Waals surface area contributed by atoms with Crippen molar-refractivity contribution >= 4 is 28.9 Å². The number of benzene rings is 2. The third-order valence-electron chi connectivity index (χ3n) is 5.01. The second-order valence-electron chi connectivity index (χ2n) is 6.70. The van der Waals surface area contributed by atoms with E-state index in [1.165, 1.54) is 11.0 Å². The number of carbonyl (C=O) groups excluding carboxylic acids is 1. The zero-order valence-electron chi connectivity index (χ0n) is 14.9. The van der Waals surface area contributed by atoms with Gasteiger partial charge in [0.15, 0.2) is 0 Å². The highest BCUT2D eigenvalue weighted by Gasteiger charge is 2.34. The van der Waals surface area contributed by atoms with Crippen LogP contribution in [0.15, 0.2) is 42.5 Å². The van der Waals surface area contributed by atoms with Crippen molar-refractivity contribution in [2.45, 2.75) is 19.1 Å². The van der Waals surface area contributed by atoms with Gasteiger partial charge >= 0.3 is 0 Å². The number of nitrogens with zero attached hydrogens (tertiary/aromatic N) is 2. The molecule has 2 aromatic rings. The number of hydrogen-bond acceptors (Lipinski definition) is 4. The van der Waals surface area contributed by atoms with Gasteiger partial charge in [0.05, 0.1) is 24.4 Å². The number of rotatable bonds is 3. The van der Waals surface area contributed by atoms with Crippen LogP contribution in [0.25, 0.3) is 0 Å². The van der Waals surface area contributed by atoms with Gasteiger partial charge in [0.2, 0.25) is 0 Å². The zero-order chi connectivity index (χ0) is 19.0. The summed E-state index contributed by atoms with van der Waals surface area (Å²) < 4.78 is 25.8. The Morgan fingerprint density at radius 2 is 1.96 bits per heavy atom. The van der Waals surface area contributed by atoms with Crippen LogP contribution >= 0.6 is 11.6 Å². The molecule has 0 saturated carbocycles. The van der Waals surface area contributed by atoms with Gasteiger partial charge in [-0.2, -0.15) is 0 Å². The molecule has 2 aromatic carbocycles. The highest BCUT2D eigenvalue weighted by atomic mass is 35.5. The Balaban J connectivity index is 1.64. The first-order valence-corrected chi connectivity index (χ1v) is 9.24. The van der Waals surface area contributed by atoms with Gasteiger partial charge in [-0.25, -0.2) is 4.39 Å². The van der Waals surface area contributed by atoms with Crippen LogP contribution in [0.4, 0.5) is 15.8 Å². The molecule has 27 heavy (non-hydrogen) atoms. The number of carbonyl (C=O) groups is 1. The quantitative estimate of drug-likeness (QED) is 0.800. The van der Waals surface area contributed by atoms with E-state index in [1.807, 2.05) is 37.3 Å². The van der Waals surface area contributed by atoms with Crippen molar-refractivity contribution < 1.29 is 18.7 Å². The van der Waals surface area contributed by atoms with Crippen molar-refractivity contribution in [1.29, 1.82) is 0 Å². The van der Waals surface area contributed by atoms with Crippen LogP contribution in [-0.4, -0.2) is 38.5 Å². The number of hydrogen-bond donors (Lipinski definition) is 0. The predicted molar refractivity (Wildman–Crippen MR) is 102 cm³/mol. The molecule has 7 heteroatoms. The van der Waals surface area contributed by atoms with Gasteiger partial charge in [0, 0.05) is 17.3 Å². The maximum atomic E-state index is 14.9. The van der Waals surface area contributed by atoms with Crippen LogP contribution in [0.2, 0.25) is 5.02 Å². The second kappa shape index (κ2) is 7.46. The number of morpholine rings is 1. The molecule has 0 bridgehead atoms. The molecule has 1 amide bonds. The standard InChI is InChI=1S/C20H20ClFN2O3/c1-13-20(24(12-27-13)16-5-3-15(21)4-6-16)14-2-7-18(17(22)10-14)23-8-9-26-11-19(23)25/h2-7,10,13,20H,8-9,11-12H2,1H3/t13-,20-/m0/s1. The maximum Gasteiger partial charge on any atom is 0.253 e. The predicted octanol–water partition coefficient (Wildman–Crippen LogP) is 3.77. The van der Waals surface area contributed by atoms with E-state index in [1.54, 1.807) is 6.07 Å². The average Bonchev–Trinajstić information content (AvgIpc) is 3.04. The number of ether oxygens (including phenoxy) is 2. The summed E-state index contributed by atoms with van der Waals surface area (Å²) in [6.07, 6.45) is -0.101. The van der Waals surface area contributed by atoms with E-state index in [2.05, 4.69) is 4.90 Å². The fourth-order valence-corrected chi connectivity index (χ4v) is 3.77. The normalized spacial score (nSPS) is 23.1. The van der Waals surface area contributed by atoms with Crippen molar-refractivity contribution in [3.05, 3.63) is 58.9 Å². The molecule has 0 aromatic heterocycles. The van der Waals surface area contributed by atoms with E-state index < -0.39 is 5.82 Å². The van der Waals surface area contributed by atoms with E-state index in [0.717, 1.165) is 11.3 Å². The van der Waals surface area contributed by atoms with E-state index in [-0.39, 0.29) is 30.3 Å². The van der Waals surface area contributed by atoms with E-state index in [0.29, 0.717) is 24.9 Å². The minimum Gasteiger partial charge on any atom is -0.370 e. The molecule has 0 unspecified atom stereocenters. The smallest absolute Gasteiger partial charge is 0.253 e. The molecule has 2 saturated heterocycles. The first-order chi connectivity index (χ1) is 13.0. The minimum atomic E-state index is -0.419. The van der Waals surface area contributed by atoms with E-state index in [9.17, 15) is 9.18 Å². The molecule has 0 radical (unpaired) electrons. The topological polar surface area (TPSA) is 42.0 Å². The zero-order valence-corrected chi connectivity index (χ0v) is 15.7. The molecule has 2 fully saturated rings. The second-order valence-corrected chi connectivity index (χ2v) is 7.14. The van der Waals surface area contributed by atoms with Gasteiger partial charge in [-0.3, -0.25) is 4.79 Å². The summed E-state index contributed by atoms with van der Waals surface area (Å²) in [6, 6.07) is 12.4. The summed E-state index contributed by atoms with van der Waals surface area (Å²) in [5, 5.41) is 0.661. The molecule has 2 heterocycles. The van der Waals surface area contributed by atoms with Crippen LogP contribution < -0.4 is 9.80 Å². The summed E-state index contributed by atoms with van der Waals surface area (Å²) in [5.41, 5.74) is 2.05. The van der Waals surface area contributed by atoms with Crippen LogP contribution in [0, 0.1) is 5.82 Å². The molecule has 142 valence electrons. The summed E-state index contributed by atoms with van der Waals surface area (Å²) in [5.74, 6) is -0.647. The fourth-order valence-electron chi connectivity index (χ4n) is 3.64. The summed E-state index contributed by atoms with van der Waals surface area (Å²) in [4.78, 5) is 15.5. The van der Waals surface area contributed by atoms with E-state index in [4.69, 9.17) is 21.1 Å². The van der Waals surface area contributed by atoms with Crippen molar-refractivity contribution in [2.24, 2.45) is 0 Å². The molecule has 0 N–H and O–H groups in total. The van der Waals surface area contributed by atoms with Gasteiger partial charge in [-0.05, 0) is 48.9 Å². The average molecular weight is 391 g/mol. The largest absolute Gasteiger partial charge is 0.370 e. The Labute approximate surface area is 162 Å². The minimum absolute atomic E-state index is 0.0148. The Morgan fingerprint density at radius 3 is 2.67 bits per heavy atom. The van der Waals surface area contributed by atoms with Crippen molar-refractivity contribution in [3.8, 4) is 0 Å². The molecule has 2 aliphatic heterocycles. The fraction of sp³-hybridized carbons (Fsp3) is 0.350. The van der Waals surface area contributed by atoms with Crippen LogP contribution in [0.3, 0.4) is 0 Å². The molecule has 0 spiro atoms. The third kappa shape index (κ3) is 3.52. The summed E-state index contributed by atoms with van der Waals surface area (Å²) in [6.45, 7) is 3.13. The Bertz CT molecular complexity index is 846. The SMILES string of the molecule is C[C@@H]1OCN(c2ccc(Cl)cc2)[C@@H]1c1ccc(N2CCOCC2=O)c(F)c1. The number of amides is 1. The van der Waals surface area contributed by atoms with Crippen LogP contribution in [0.1, 0.15) is 18.5 Å². The molecular weight excluding hydrogens is 371 g/mol. The lowest BCUT2D eigenvalue weighted by atomic mass is 10.00. The van der Waals surface area contributed by atoms with E-state index >= 15 is 0 Å². The highest BCUT2D eigenvalue weighted by Crippen LogP contribution is 2.37. The Morgan fingerprint density at radius 1 is 1.19 bits per heavy atom. The molecular formula is C20H20ClFN2O3. The number of halogens is 2. The van der Waals surface area contributed by atoms with Gasteiger partial charge < -0.3 is 19.3 Å². The molecule has 2 aliphatic rings. The van der Waals surface area contributed by atoms with Gasteiger partial charge in [0.25, 0.3) is 5.91 Å². The Hall–Kier alpha value is -2.15. The van der Waals surface area contributed by atoms with Crippen molar-refractivity contribution in [1.82, 2.24) is 0 Å². The highest BCUT2D eigenvalue weighted by molar-refractivity contribution is 6.30. The van der Waals surface area contributed by atoms with Gasteiger partial charge in [-0.1, -0.05) is 17.7 Å². The first-order valence-electron chi connectivity index (χ1n) is 8.86. The number of anilines is 2. The van der Waals surface area contributed by atoms with Gasteiger partial charge in [0.1, 0.15) is 19.2 Å². The maximum absolute atomic E-state index is 14.9. The Kier molecular flexibility index (Phi) is 5.04. The van der Waals surface area contributed by atoms with Crippen LogP contribution in [-0.2, 0) is 14.3 Å². The molecule has 5 nitrogen and oxygen atoms in total.